The van der Waals surface area contributed by atoms with Crippen molar-refractivity contribution in [2.24, 2.45) is 5.41 Å². The van der Waals surface area contributed by atoms with E-state index >= 15 is 0 Å². The molecule has 0 aromatic carbocycles. The summed E-state index contributed by atoms with van der Waals surface area (Å²) in [5.41, 5.74) is 0.224. The molecule has 0 aliphatic carbocycles. The molecule has 102 valence electrons. The van der Waals surface area contributed by atoms with Crippen molar-refractivity contribution in [3.05, 3.63) is 0 Å². The third-order valence-corrected chi connectivity index (χ3v) is 3.72. The molecule has 0 heterocycles. The van der Waals surface area contributed by atoms with Crippen LogP contribution in [-0.4, -0.2) is 30.3 Å². The Morgan fingerprint density at radius 1 is 1.18 bits per heavy atom. The molecular weight excluding hydrogens is 216 g/mol. The van der Waals surface area contributed by atoms with E-state index in [1.165, 1.54) is 0 Å². The highest BCUT2D eigenvalue weighted by Crippen LogP contribution is 2.29. The number of amides is 2. The monoisotopic (exact) mass is 244 g/mol. The Kier molecular flexibility index (Phi) is 7.96. The molecule has 0 saturated heterocycles. The molecule has 0 saturated carbocycles. The van der Waals surface area contributed by atoms with Crippen LogP contribution in [0.3, 0.4) is 0 Å². The summed E-state index contributed by atoms with van der Waals surface area (Å²) < 4.78 is 0. The Morgan fingerprint density at radius 2 is 1.71 bits per heavy atom. The summed E-state index contributed by atoms with van der Waals surface area (Å²) in [5.74, 6) is 0. The van der Waals surface area contributed by atoms with Gasteiger partial charge in [0.25, 0.3) is 0 Å². The van der Waals surface area contributed by atoms with Gasteiger partial charge in [0, 0.05) is 13.1 Å². The van der Waals surface area contributed by atoms with E-state index in [2.05, 4.69) is 31.4 Å². The average Bonchev–Trinajstić information content (AvgIpc) is 2.31. The molecule has 0 spiro atoms. The summed E-state index contributed by atoms with van der Waals surface area (Å²) in [6, 6.07) is -0.134. The highest BCUT2D eigenvalue weighted by atomic mass is 16.3. The molecule has 1 unspecified atom stereocenters. The highest BCUT2D eigenvalue weighted by Gasteiger charge is 2.24. The Hall–Kier alpha value is -0.770. The van der Waals surface area contributed by atoms with Crippen LogP contribution in [0.4, 0.5) is 4.79 Å². The maximum atomic E-state index is 11.5. The number of carbonyl (C=O) groups is 1. The lowest BCUT2D eigenvalue weighted by Crippen LogP contribution is -2.42. The smallest absolute Gasteiger partial charge is 0.314 e. The summed E-state index contributed by atoms with van der Waals surface area (Å²) in [6.07, 6.45) is 3.46. The topological polar surface area (TPSA) is 61.4 Å². The second-order valence-electron chi connectivity index (χ2n) is 4.81. The highest BCUT2D eigenvalue weighted by molar-refractivity contribution is 5.73. The van der Waals surface area contributed by atoms with Gasteiger partial charge in [-0.25, -0.2) is 4.79 Å². The molecule has 0 aromatic heterocycles. The lowest BCUT2D eigenvalue weighted by molar-refractivity contribution is 0.182. The van der Waals surface area contributed by atoms with Crippen LogP contribution >= 0.6 is 0 Å². The van der Waals surface area contributed by atoms with Gasteiger partial charge in [0.2, 0.25) is 0 Å². The Morgan fingerprint density at radius 3 is 2.12 bits per heavy atom. The minimum absolute atomic E-state index is 0.134. The number of carbonyl (C=O) groups excluding carboxylic acids is 1. The first kappa shape index (κ1) is 16.2. The zero-order chi connectivity index (χ0) is 13.3. The Bertz CT molecular complexity index is 205. The van der Waals surface area contributed by atoms with Crippen molar-refractivity contribution >= 4 is 6.03 Å². The standard InChI is InChI=1S/C13H28N2O2/c1-5-13(6-2,7-3)10-15-12(17)14-9-8-11(4)16/h11,16H,5-10H2,1-4H3,(H2,14,15,17). The first-order valence-corrected chi connectivity index (χ1v) is 6.69. The van der Waals surface area contributed by atoms with Crippen molar-refractivity contribution in [2.45, 2.75) is 59.5 Å². The Balaban J connectivity index is 3.89. The van der Waals surface area contributed by atoms with Crippen LogP contribution in [0, 0.1) is 5.41 Å². The van der Waals surface area contributed by atoms with E-state index in [-0.39, 0.29) is 17.6 Å². The van der Waals surface area contributed by atoms with E-state index < -0.39 is 0 Å². The molecule has 2 amide bonds. The second-order valence-corrected chi connectivity index (χ2v) is 4.81. The maximum absolute atomic E-state index is 11.5. The normalized spacial score (nSPS) is 13.2. The van der Waals surface area contributed by atoms with E-state index in [4.69, 9.17) is 5.11 Å². The number of nitrogens with one attached hydrogen (secondary N) is 2. The molecule has 0 fully saturated rings. The van der Waals surface area contributed by atoms with Crippen molar-refractivity contribution in [3.63, 3.8) is 0 Å². The zero-order valence-corrected chi connectivity index (χ0v) is 11.7. The number of rotatable bonds is 8. The molecule has 4 nitrogen and oxygen atoms in total. The van der Waals surface area contributed by atoms with Gasteiger partial charge in [0.1, 0.15) is 0 Å². The van der Waals surface area contributed by atoms with Crippen molar-refractivity contribution in [3.8, 4) is 0 Å². The fraction of sp³-hybridized carbons (Fsp3) is 0.923. The molecule has 0 radical (unpaired) electrons. The van der Waals surface area contributed by atoms with Gasteiger partial charge < -0.3 is 15.7 Å². The van der Waals surface area contributed by atoms with E-state index in [0.717, 1.165) is 25.8 Å². The number of hydrogen-bond donors (Lipinski definition) is 3. The number of urea groups is 1. The molecule has 17 heavy (non-hydrogen) atoms. The van der Waals surface area contributed by atoms with Crippen LogP contribution in [0.1, 0.15) is 53.4 Å². The number of hydrogen-bond acceptors (Lipinski definition) is 2. The van der Waals surface area contributed by atoms with Crippen LogP contribution in [-0.2, 0) is 0 Å². The first-order valence-electron chi connectivity index (χ1n) is 6.69. The molecular formula is C13H28N2O2. The maximum Gasteiger partial charge on any atom is 0.314 e. The molecule has 3 N–H and O–H groups in total. The molecule has 0 rings (SSSR count). The SMILES string of the molecule is CCC(CC)(CC)CNC(=O)NCCC(C)O. The van der Waals surface area contributed by atoms with E-state index in [9.17, 15) is 4.79 Å². The third kappa shape index (κ3) is 6.51. The second kappa shape index (κ2) is 8.34. The van der Waals surface area contributed by atoms with Crippen LogP contribution in [0.25, 0.3) is 0 Å². The van der Waals surface area contributed by atoms with E-state index in [0.29, 0.717) is 13.0 Å². The summed E-state index contributed by atoms with van der Waals surface area (Å²) in [7, 11) is 0. The van der Waals surface area contributed by atoms with Crippen molar-refractivity contribution in [1.29, 1.82) is 0 Å². The lowest BCUT2D eigenvalue weighted by Gasteiger charge is -2.30. The zero-order valence-electron chi connectivity index (χ0n) is 11.7. The number of aliphatic hydroxyl groups is 1. The lowest BCUT2D eigenvalue weighted by atomic mass is 9.80. The van der Waals surface area contributed by atoms with Crippen LogP contribution in [0.15, 0.2) is 0 Å². The van der Waals surface area contributed by atoms with Gasteiger partial charge in [-0.1, -0.05) is 20.8 Å². The third-order valence-electron chi connectivity index (χ3n) is 3.72. The molecule has 0 aliphatic rings. The van der Waals surface area contributed by atoms with Crippen LogP contribution in [0.5, 0.6) is 0 Å². The predicted molar refractivity (Wildman–Crippen MR) is 71.0 cm³/mol. The van der Waals surface area contributed by atoms with E-state index in [1.807, 2.05) is 0 Å². The summed E-state index contributed by atoms with van der Waals surface area (Å²) >= 11 is 0. The van der Waals surface area contributed by atoms with Crippen LogP contribution < -0.4 is 10.6 Å². The molecule has 1 atom stereocenters. The number of aliphatic hydroxyl groups excluding tert-OH is 1. The largest absolute Gasteiger partial charge is 0.393 e. The van der Waals surface area contributed by atoms with Gasteiger partial charge in [-0.3, -0.25) is 0 Å². The van der Waals surface area contributed by atoms with E-state index in [1.54, 1.807) is 6.92 Å². The fourth-order valence-corrected chi connectivity index (χ4v) is 1.85. The van der Waals surface area contributed by atoms with Crippen molar-refractivity contribution < 1.29 is 9.90 Å². The summed E-state index contributed by atoms with van der Waals surface area (Å²) in [4.78, 5) is 11.5. The Labute approximate surface area is 105 Å². The summed E-state index contributed by atoms with van der Waals surface area (Å²) in [6.45, 7) is 9.45. The first-order chi connectivity index (χ1) is 7.99. The molecule has 0 aliphatic heterocycles. The summed E-state index contributed by atoms with van der Waals surface area (Å²) in [5, 5.41) is 14.7. The van der Waals surface area contributed by atoms with Crippen molar-refractivity contribution in [2.75, 3.05) is 13.1 Å². The minimum Gasteiger partial charge on any atom is -0.393 e. The van der Waals surface area contributed by atoms with Crippen molar-refractivity contribution in [1.82, 2.24) is 10.6 Å². The fourth-order valence-electron chi connectivity index (χ4n) is 1.85. The predicted octanol–water partition coefficient (Wildman–Crippen LogP) is 2.27. The van der Waals surface area contributed by atoms with Gasteiger partial charge in [-0.15, -0.1) is 0 Å². The van der Waals surface area contributed by atoms with Gasteiger partial charge in [-0.2, -0.15) is 0 Å². The van der Waals surface area contributed by atoms with Crippen LogP contribution in [0.2, 0.25) is 0 Å². The molecule has 0 aromatic rings. The molecule has 0 bridgehead atoms. The average molecular weight is 244 g/mol. The molecule has 4 heteroatoms. The quantitative estimate of drug-likeness (QED) is 0.613. The van der Waals surface area contributed by atoms with Gasteiger partial charge in [0.05, 0.1) is 6.10 Å². The van der Waals surface area contributed by atoms with Gasteiger partial charge >= 0.3 is 6.03 Å². The van der Waals surface area contributed by atoms with Gasteiger partial charge in [0.15, 0.2) is 0 Å². The minimum atomic E-state index is -0.365. The van der Waals surface area contributed by atoms with Gasteiger partial charge in [-0.05, 0) is 38.0 Å².